The predicted octanol–water partition coefficient (Wildman–Crippen LogP) is 13.1. The highest BCUT2D eigenvalue weighted by Crippen LogP contribution is 2.14. The van der Waals surface area contributed by atoms with Crippen LogP contribution in [-0.2, 0) is 9.59 Å². The van der Waals surface area contributed by atoms with Gasteiger partial charge < -0.3 is 9.80 Å². The minimum Gasteiger partial charge on any atom is -0.342 e. The first-order valence-electron chi connectivity index (χ1n) is 22.7. The molecule has 0 radical (unpaired) electrons. The Kier molecular flexibility index (Phi) is 38.3. The smallest absolute Gasteiger partial charge is 0.236 e. The van der Waals surface area contributed by atoms with Gasteiger partial charge in [-0.15, -0.1) is 0 Å². The largest absolute Gasteiger partial charge is 0.342 e. The number of carbonyl (C=O) groups excluding carboxylic acids is 2. The lowest BCUT2D eigenvalue weighted by molar-refractivity contribution is -0.135. The summed E-state index contributed by atoms with van der Waals surface area (Å²) in [4.78, 5) is 33.5. The van der Waals surface area contributed by atoms with Gasteiger partial charge in [-0.1, -0.05) is 207 Å². The number of rotatable bonds is 40. The van der Waals surface area contributed by atoms with E-state index >= 15 is 0 Å². The third kappa shape index (κ3) is 32.8. The first-order chi connectivity index (χ1) is 24.5. The molecule has 0 N–H and O–H groups in total. The molecule has 0 aromatic heterocycles. The molecule has 0 aliphatic heterocycles. The minimum atomic E-state index is 0.212. The van der Waals surface area contributed by atoms with Gasteiger partial charge in [0.15, 0.2) is 0 Å². The number of hydrogen-bond donors (Lipinski definition) is 0. The number of amides is 2. The molecule has 50 heavy (non-hydrogen) atoms. The van der Waals surface area contributed by atoms with Crippen molar-refractivity contribution in [2.24, 2.45) is 0 Å². The zero-order valence-corrected chi connectivity index (χ0v) is 35.0. The molecule has 0 spiro atoms. The predicted molar refractivity (Wildman–Crippen MR) is 221 cm³/mol. The van der Waals surface area contributed by atoms with E-state index in [0.717, 1.165) is 51.9 Å². The molecular weight excluding hydrogens is 615 g/mol. The van der Waals surface area contributed by atoms with E-state index in [9.17, 15) is 9.59 Å². The van der Waals surface area contributed by atoms with E-state index < -0.39 is 0 Å². The van der Waals surface area contributed by atoms with Crippen LogP contribution < -0.4 is 0 Å². The molecule has 0 saturated heterocycles. The Balaban J connectivity index is 4.92. The van der Waals surface area contributed by atoms with E-state index in [1.54, 1.807) is 0 Å². The van der Waals surface area contributed by atoms with Gasteiger partial charge in [0.1, 0.15) is 0 Å². The summed E-state index contributed by atoms with van der Waals surface area (Å²) >= 11 is 0. The van der Waals surface area contributed by atoms with Crippen molar-refractivity contribution >= 4 is 11.8 Å². The third-order valence-corrected chi connectivity index (χ3v) is 10.6. The van der Waals surface area contributed by atoms with Gasteiger partial charge in [0, 0.05) is 26.2 Å². The number of unbranched alkanes of at least 4 members (excludes halogenated alkanes) is 28. The minimum absolute atomic E-state index is 0.212. The fourth-order valence-corrected chi connectivity index (χ4v) is 7.19. The number of carbonyl (C=O) groups is 2. The average Bonchev–Trinajstić information content (AvgIpc) is 3.10. The summed E-state index contributed by atoms with van der Waals surface area (Å²) in [6, 6.07) is 0. The quantitative estimate of drug-likeness (QED) is 0.0596. The van der Waals surface area contributed by atoms with Crippen LogP contribution in [-0.4, -0.2) is 72.8 Å². The van der Waals surface area contributed by atoms with Crippen LogP contribution in [0.2, 0.25) is 0 Å². The Bertz CT molecular complexity index is 616. The molecule has 298 valence electrons. The molecule has 0 heterocycles. The van der Waals surface area contributed by atoms with E-state index in [-0.39, 0.29) is 11.8 Å². The van der Waals surface area contributed by atoms with Crippen molar-refractivity contribution in [1.82, 2.24) is 14.7 Å². The molecule has 0 fully saturated rings. The van der Waals surface area contributed by atoms with Gasteiger partial charge in [-0.2, -0.15) is 0 Å². The van der Waals surface area contributed by atoms with Crippen LogP contribution in [0.3, 0.4) is 0 Å². The number of likely N-dealkylation sites (N-methyl/N-ethyl adjacent to an activating group) is 1. The van der Waals surface area contributed by atoms with Crippen molar-refractivity contribution < 1.29 is 9.59 Å². The highest BCUT2D eigenvalue weighted by atomic mass is 16.2. The SMILES string of the molecule is CCCCCCCCCCN(CCCCCCCCCC)C(=O)CN(C)CC(=O)N(CCCCCCCCCC)CCCCCCCCCC. The van der Waals surface area contributed by atoms with Crippen LogP contribution >= 0.6 is 0 Å². The molecule has 2 amide bonds. The molecule has 0 atom stereocenters. The number of hydrogen-bond acceptors (Lipinski definition) is 3. The monoisotopic (exact) mass is 706 g/mol. The van der Waals surface area contributed by atoms with Crippen molar-refractivity contribution in [3.05, 3.63) is 0 Å². The van der Waals surface area contributed by atoms with Crippen LogP contribution in [0.4, 0.5) is 0 Å². The second-order valence-corrected chi connectivity index (χ2v) is 15.8. The molecule has 0 aliphatic rings. The van der Waals surface area contributed by atoms with E-state index in [0.29, 0.717) is 13.1 Å². The third-order valence-electron chi connectivity index (χ3n) is 10.6. The fourth-order valence-electron chi connectivity index (χ4n) is 7.19. The van der Waals surface area contributed by atoms with E-state index in [2.05, 4.69) is 37.5 Å². The topological polar surface area (TPSA) is 43.9 Å². The first-order valence-corrected chi connectivity index (χ1v) is 22.7. The van der Waals surface area contributed by atoms with Gasteiger partial charge >= 0.3 is 0 Å². The standard InChI is InChI=1S/C45H91N3O2/c1-6-10-14-18-22-26-30-34-38-47(39-35-31-27-23-19-15-11-7-2)44(49)42-46(5)43-45(50)48(40-36-32-28-24-20-16-12-8-3)41-37-33-29-25-21-17-13-9-4/h6-43H2,1-5H3. The Hall–Kier alpha value is -1.10. The Morgan fingerprint density at radius 3 is 0.680 bits per heavy atom. The number of nitrogens with zero attached hydrogens (tertiary/aromatic N) is 3. The van der Waals surface area contributed by atoms with Gasteiger partial charge in [0.2, 0.25) is 11.8 Å². The van der Waals surface area contributed by atoms with Crippen LogP contribution in [0.15, 0.2) is 0 Å². The molecular formula is C45H91N3O2. The average molecular weight is 706 g/mol. The first kappa shape index (κ1) is 48.9. The van der Waals surface area contributed by atoms with Crippen molar-refractivity contribution in [2.45, 2.75) is 233 Å². The highest BCUT2D eigenvalue weighted by Gasteiger charge is 2.20. The maximum absolute atomic E-state index is 13.6. The van der Waals surface area contributed by atoms with E-state index in [4.69, 9.17) is 0 Å². The summed E-state index contributed by atoms with van der Waals surface area (Å²) in [5.41, 5.74) is 0. The van der Waals surface area contributed by atoms with Crippen molar-refractivity contribution in [2.75, 3.05) is 46.3 Å². The molecule has 0 rings (SSSR count). The zero-order valence-electron chi connectivity index (χ0n) is 35.0. The lowest BCUT2D eigenvalue weighted by atomic mass is 10.1. The Labute approximate surface area is 314 Å². The maximum Gasteiger partial charge on any atom is 0.236 e. The fraction of sp³-hybridized carbons (Fsp3) is 0.956. The highest BCUT2D eigenvalue weighted by molar-refractivity contribution is 5.81. The van der Waals surface area contributed by atoms with Crippen molar-refractivity contribution in [3.63, 3.8) is 0 Å². The van der Waals surface area contributed by atoms with Gasteiger partial charge in [-0.25, -0.2) is 0 Å². The van der Waals surface area contributed by atoms with Gasteiger partial charge in [0.05, 0.1) is 13.1 Å². The van der Waals surface area contributed by atoms with Crippen molar-refractivity contribution in [1.29, 1.82) is 0 Å². The van der Waals surface area contributed by atoms with Crippen LogP contribution in [0.25, 0.3) is 0 Å². The maximum atomic E-state index is 13.6. The van der Waals surface area contributed by atoms with Crippen molar-refractivity contribution in [3.8, 4) is 0 Å². The van der Waals surface area contributed by atoms with Gasteiger partial charge in [0.25, 0.3) is 0 Å². The Morgan fingerprint density at radius 2 is 0.480 bits per heavy atom. The summed E-state index contributed by atoms with van der Waals surface area (Å²) in [6.07, 6.45) is 41.2. The molecule has 5 nitrogen and oxygen atoms in total. The Morgan fingerprint density at radius 1 is 0.300 bits per heavy atom. The van der Waals surface area contributed by atoms with E-state index in [1.165, 1.54) is 180 Å². The lowest BCUT2D eigenvalue weighted by Gasteiger charge is -2.28. The molecule has 0 aromatic rings. The molecule has 0 aliphatic carbocycles. The molecule has 0 saturated carbocycles. The summed E-state index contributed by atoms with van der Waals surface area (Å²) in [5.74, 6) is 0.424. The molecule has 0 unspecified atom stereocenters. The molecule has 5 heteroatoms. The van der Waals surface area contributed by atoms with E-state index in [1.807, 2.05) is 11.9 Å². The van der Waals surface area contributed by atoms with Crippen LogP contribution in [0, 0.1) is 0 Å². The normalized spacial score (nSPS) is 11.5. The lowest BCUT2D eigenvalue weighted by Crippen LogP contribution is -2.45. The zero-order chi connectivity index (χ0) is 36.8. The van der Waals surface area contributed by atoms with Gasteiger partial charge in [-0.05, 0) is 32.7 Å². The second-order valence-electron chi connectivity index (χ2n) is 15.8. The van der Waals surface area contributed by atoms with Gasteiger partial charge in [-0.3, -0.25) is 14.5 Å². The summed E-state index contributed by atoms with van der Waals surface area (Å²) in [7, 11) is 1.98. The summed E-state index contributed by atoms with van der Waals surface area (Å²) < 4.78 is 0. The van der Waals surface area contributed by atoms with Crippen LogP contribution in [0.5, 0.6) is 0 Å². The summed E-state index contributed by atoms with van der Waals surface area (Å²) in [6.45, 7) is 13.3. The van der Waals surface area contributed by atoms with Crippen LogP contribution in [0.1, 0.15) is 233 Å². The summed E-state index contributed by atoms with van der Waals surface area (Å²) in [5, 5.41) is 0. The molecule has 0 aromatic carbocycles. The molecule has 0 bridgehead atoms. The second kappa shape index (κ2) is 39.1.